The summed E-state index contributed by atoms with van der Waals surface area (Å²) in [7, 11) is 0. The number of hydrogen-bond acceptors (Lipinski definition) is 3. The summed E-state index contributed by atoms with van der Waals surface area (Å²) < 4.78 is 6.68. The van der Waals surface area contributed by atoms with E-state index in [-0.39, 0.29) is 5.41 Å². The maximum Gasteiger partial charge on any atom is 0.152 e. The van der Waals surface area contributed by atoms with Crippen LogP contribution in [0.2, 0.25) is 0 Å². The van der Waals surface area contributed by atoms with Crippen molar-refractivity contribution in [1.82, 2.24) is 0 Å². The molecule has 58 heavy (non-hydrogen) atoms. The Bertz CT molecular complexity index is 2890. The Labute approximate surface area is 339 Å². The maximum absolute atomic E-state index is 6.68. The third-order valence-electron chi connectivity index (χ3n) is 12.0. The first-order valence-corrected chi connectivity index (χ1v) is 20.0. The zero-order valence-electron chi connectivity index (χ0n) is 32.4. The highest BCUT2D eigenvalue weighted by Crippen LogP contribution is 2.61. The number of anilines is 6. The van der Waals surface area contributed by atoms with Gasteiger partial charge in [-0.25, -0.2) is 0 Å². The number of para-hydroxylation sites is 1. The van der Waals surface area contributed by atoms with E-state index in [1.807, 2.05) is 0 Å². The number of ether oxygens (including phenoxy) is 1. The monoisotopic (exact) mass is 744 g/mol. The maximum atomic E-state index is 6.68. The molecule has 0 aromatic heterocycles. The Kier molecular flexibility index (Phi) is 7.84. The van der Waals surface area contributed by atoms with Crippen molar-refractivity contribution in [2.24, 2.45) is 0 Å². The van der Waals surface area contributed by atoms with Crippen LogP contribution in [0.1, 0.15) is 25.0 Å². The first-order chi connectivity index (χ1) is 28.5. The highest BCUT2D eigenvalue weighted by Gasteiger charge is 2.42. The fourth-order valence-corrected chi connectivity index (χ4v) is 9.05. The molecule has 2 heterocycles. The predicted molar refractivity (Wildman–Crippen MR) is 242 cm³/mol. The Balaban J connectivity index is 1.01. The lowest BCUT2D eigenvalue weighted by Crippen LogP contribution is -2.32. The van der Waals surface area contributed by atoms with Crippen LogP contribution in [0.3, 0.4) is 0 Å². The molecule has 9 aromatic carbocycles. The van der Waals surface area contributed by atoms with Gasteiger partial charge in [0.1, 0.15) is 0 Å². The number of hydrogen-bond donors (Lipinski definition) is 0. The molecule has 3 heteroatoms. The second-order valence-electron chi connectivity index (χ2n) is 15.8. The van der Waals surface area contributed by atoms with Gasteiger partial charge in [0.15, 0.2) is 11.5 Å². The van der Waals surface area contributed by atoms with Crippen molar-refractivity contribution in [3.63, 3.8) is 0 Å². The van der Waals surface area contributed by atoms with Crippen LogP contribution in [0.4, 0.5) is 34.1 Å². The van der Waals surface area contributed by atoms with E-state index in [0.29, 0.717) is 0 Å². The molecule has 0 saturated carbocycles. The minimum Gasteiger partial charge on any atom is -0.453 e. The second kappa shape index (κ2) is 13.4. The lowest BCUT2D eigenvalue weighted by molar-refractivity contribution is 0.472. The van der Waals surface area contributed by atoms with Crippen molar-refractivity contribution < 1.29 is 4.74 Å². The molecule has 0 N–H and O–H groups in total. The summed E-state index contributed by atoms with van der Waals surface area (Å²) in [4.78, 5) is 4.81. The highest BCUT2D eigenvalue weighted by atomic mass is 16.5. The van der Waals surface area contributed by atoms with E-state index in [0.717, 1.165) is 45.5 Å². The number of benzene rings is 9. The molecule has 0 saturated heterocycles. The third-order valence-corrected chi connectivity index (χ3v) is 12.0. The first-order valence-electron chi connectivity index (χ1n) is 20.0. The van der Waals surface area contributed by atoms with Crippen LogP contribution in [0.15, 0.2) is 206 Å². The number of rotatable bonds is 6. The van der Waals surface area contributed by atoms with Gasteiger partial charge >= 0.3 is 0 Å². The van der Waals surface area contributed by atoms with Crippen LogP contribution < -0.4 is 14.5 Å². The van der Waals surface area contributed by atoms with E-state index in [4.69, 9.17) is 4.74 Å². The van der Waals surface area contributed by atoms with Crippen LogP contribution in [-0.2, 0) is 5.41 Å². The van der Waals surface area contributed by atoms with Crippen molar-refractivity contribution in [2.45, 2.75) is 19.3 Å². The Morgan fingerprint density at radius 2 is 0.897 bits per heavy atom. The molecule has 0 aliphatic carbocycles. The summed E-state index contributed by atoms with van der Waals surface area (Å²) in [6.07, 6.45) is 0. The average Bonchev–Trinajstić information content (AvgIpc) is 3.29. The fourth-order valence-electron chi connectivity index (χ4n) is 9.05. The van der Waals surface area contributed by atoms with Crippen molar-refractivity contribution in [1.29, 1.82) is 0 Å². The SMILES string of the molecule is CC1(C)c2ccc(-c3ccc(N(c4ccc(-c5ccccc5)cc4)c4ccc(-c5ccccc5)cc4)cc3)cc2N2c3c(cccc31)Oc1ccc3ccccc3c12. The summed E-state index contributed by atoms with van der Waals surface area (Å²) in [6.45, 7) is 4.67. The number of fused-ring (bicyclic) bond motifs is 6. The number of nitrogens with zero attached hydrogens (tertiary/aromatic N) is 2. The predicted octanol–water partition coefficient (Wildman–Crippen LogP) is 15.5. The van der Waals surface area contributed by atoms with Gasteiger partial charge in [-0.2, -0.15) is 0 Å². The van der Waals surface area contributed by atoms with Crippen LogP contribution in [-0.4, -0.2) is 0 Å². The average molecular weight is 745 g/mol. The van der Waals surface area contributed by atoms with Gasteiger partial charge in [-0.1, -0.05) is 166 Å². The third kappa shape index (κ3) is 5.50. The molecule has 276 valence electrons. The standard InChI is InChI=1S/C55H40N2O/c1-55(2)48-34-26-43(36-50(48)57-53-47-17-10-9-16-42(47)27-35-52(53)58-51-19-11-18-49(55)54(51)57)41-24-32-46(33-25-41)56(44-28-20-39(21-29-44)37-12-5-3-6-13-37)45-30-22-40(23-31-45)38-14-7-4-8-15-38/h3-36H,1-2H3. The van der Waals surface area contributed by atoms with Crippen molar-refractivity contribution in [2.75, 3.05) is 9.80 Å². The van der Waals surface area contributed by atoms with Crippen LogP contribution >= 0.6 is 0 Å². The van der Waals surface area contributed by atoms with E-state index in [9.17, 15) is 0 Å². The van der Waals surface area contributed by atoms with Crippen molar-refractivity contribution in [3.05, 3.63) is 217 Å². The van der Waals surface area contributed by atoms with Crippen molar-refractivity contribution in [3.8, 4) is 44.9 Å². The highest BCUT2D eigenvalue weighted by molar-refractivity contribution is 6.06. The molecule has 0 bridgehead atoms. The van der Waals surface area contributed by atoms with E-state index in [1.165, 1.54) is 55.4 Å². The molecule has 0 atom stereocenters. The molecule has 0 fully saturated rings. The van der Waals surface area contributed by atoms with E-state index >= 15 is 0 Å². The van der Waals surface area contributed by atoms with Crippen molar-refractivity contribution >= 4 is 44.9 Å². The van der Waals surface area contributed by atoms with E-state index < -0.39 is 0 Å². The second-order valence-corrected chi connectivity index (χ2v) is 15.8. The molecular formula is C55H40N2O. The lowest BCUT2D eigenvalue weighted by Gasteiger charge is -2.45. The Morgan fingerprint density at radius 3 is 1.50 bits per heavy atom. The topological polar surface area (TPSA) is 15.7 Å². The van der Waals surface area contributed by atoms with E-state index in [1.54, 1.807) is 0 Å². The normalized spacial score (nSPS) is 13.2. The molecule has 11 rings (SSSR count). The largest absolute Gasteiger partial charge is 0.453 e. The Morgan fingerprint density at radius 1 is 0.397 bits per heavy atom. The molecule has 0 spiro atoms. The smallest absolute Gasteiger partial charge is 0.152 e. The lowest BCUT2D eigenvalue weighted by atomic mass is 9.72. The van der Waals surface area contributed by atoms with E-state index in [2.05, 4.69) is 230 Å². The molecule has 2 aliphatic heterocycles. The summed E-state index contributed by atoms with van der Waals surface area (Å²) in [6, 6.07) is 74.3. The van der Waals surface area contributed by atoms with Crippen LogP contribution in [0.25, 0.3) is 44.2 Å². The van der Waals surface area contributed by atoms with Gasteiger partial charge in [0, 0.05) is 27.9 Å². The summed E-state index contributed by atoms with van der Waals surface area (Å²) in [5.41, 5.74) is 16.2. The summed E-state index contributed by atoms with van der Waals surface area (Å²) in [5.74, 6) is 1.76. The van der Waals surface area contributed by atoms with Gasteiger partial charge in [0.25, 0.3) is 0 Å². The minimum absolute atomic E-state index is 0.225. The molecule has 9 aromatic rings. The van der Waals surface area contributed by atoms with Gasteiger partial charge in [-0.15, -0.1) is 0 Å². The summed E-state index contributed by atoms with van der Waals surface area (Å²) >= 11 is 0. The molecule has 0 amide bonds. The molecular weight excluding hydrogens is 705 g/mol. The zero-order chi connectivity index (χ0) is 38.8. The summed E-state index contributed by atoms with van der Waals surface area (Å²) in [5, 5.41) is 2.37. The molecule has 0 radical (unpaired) electrons. The van der Waals surface area contributed by atoms with Crippen LogP contribution in [0, 0.1) is 0 Å². The molecule has 0 unspecified atom stereocenters. The fraction of sp³-hybridized carbons (Fsp3) is 0.0545. The first kappa shape index (κ1) is 33.9. The Hall–Kier alpha value is -7.36. The molecule has 2 aliphatic rings. The zero-order valence-corrected chi connectivity index (χ0v) is 32.4. The van der Waals surface area contributed by atoms with Gasteiger partial charge in [-0.05, 0) is 104 Å². The van der Waals surface area contributed by atoms with Gasteiger partial charge in [-0.3, -0.25) is 0 Å². The van der Waals surface area contributed by atoms with Gasteiger partial charge < -0.3 is 14.5 Å². The van der Waals surface area contributed by atoms with Gasteiger partial charge in [0.2, 0.25) is 0 Å². The van der Waals surface area contributed by atoms with Crippen LogP contribution in [0.5, 0.6) is 11.5 Å². The minimum atomic E-state index is -0.225. The molecule has 3 nitrogen and oxygen atoms in total. The van der Waals surface area contributed by atoms with Gasteiger partial charge in [0.05, 0.1) is 17.1 Å². The quantitative estimate of drug-likeness (QED) is 0.169.